The van der Waals surface area contributed by atoms with Crippen LogP contribution in [0.1, 0.15) is 27.2 Å². The Morgan fingerprint density at radius 2 is 2.00 bits per heavy atom. The smallest absolute Gasteiger partial charge is 0.0507 e. The third kappa shape index (κ3) is 4.47. The van der Waals surface area contributed by atoms with E-state index in [1.165, 1.54) is 0 Å². The number of hydrogen-bond acceptors (Lipinski definition) is 2. The highest BCUT2D eigenvalue weighted by Gasteiger charge is 2.00. The van der Waals surface area contributed by atoms with Crippen molar-refractivity contribution in [3.8, 4) is 0 Å². The van der Waals surface area contributed by atoms with E-state index in [-0.39, 0.29) is 0 Å². The fourth-order valence-electron chi connectivity index (χ4n) is 0.446. The molecule has 0 rings (SSSR count). The molecule has 0 aliphatic heterocycles. The molecule has 0 amide bonds. The highest BCUT2D eigenvalue weighted by Crippen LogP contribution is 2.14. The van der Waals surface area contributed by atoms with Gasteiger partial charge in [0, 0.05) is 5.25 Å². The molecular formula is C6H15NS. The summed E-state index contributed by atoms with van der Waals surface area (Å²) in [6.45, 7) is 6.44. The minimum atomic E-state index is 0.343. The summed E-state index contributed by atoms with van der Waals surface area (Å²) in [6.07, 6.45) is 1.07. The molecule has 0 fully saturated rings. The zero-order valence-electron chi connectivity index (χ0n) is 5.85. The molecule has 0 unspecified atom stereocenters. The van der Waals surface area contributed by atoms with Crippen LogP contribution in [0.5, 0.6) is 0 Å². The molecule has 0 aliphatic carbocycles. The SMILES string of the molecule is CC[C@H](N)SC(C)C. The largest absolute Gasteiger partial charge is 0.319 e. The molecule has 0 aliphatic rings. The quantitative estimate of drug-likeness (QED) is 0.594. The third-order valence-electron chi connectivity index (χ3n) is 0.849. The summed E-state index contributed by atoms with van der Waals surface area (Å²) in [5.74, 6) is 0. The van der Waals surface area contributed by atoms with Crippen LogP contribution in [0, 0.1) is 0 Å². The van der Waals surface area contributed by atoms with Crippen LogP contribution in [0.3, 0.4) is 0 Å². The van der Waals surface area contributed by atoms with E-state index in [0.717, 1.165) is 6.42 Å². The summed E-state index contributed by atoms with van der Waals surface area (Å²) in [5.41, 5.74) is 5.64. The average molecular weight is 133 g/mol. The second-order valence-corrected chi connectivity index (χ2v) is 3.95. The minimum absolute atomic E-state index is 0.343. The van der Waals surface area contributed by atoms with Crippen LogP contribution < -0.4 is 5.73 Å². The highest BCUT2D eigenvalue weighted by molar-refractivity contribution is 8.00. The zero-order valence-corrected chi connectivity index (χ0v) is 6.66. The van der Waals surface area contributed by atoms with Gasteiger partial charge in [-0.2, -0.15) is 0 Å². The van der Waals surface area contributed by atoms with Crippen LogP contribution in [0.15, 0.2) is 0 Å². The number of rotatable bonds is 3. The van der Waals surface area contributed by atoms with E-state index in [1.807, 2.05) is 11.8 Å². The van der Waals surface area contributed by atoms with Crippen LogP contribution in [0.4, 0.5) is 0 Å². The molecule has 50 valence electrons. The Balaban J connectivity index is 3.10. The molecule has 0 aromatic rings. The second kappa shape index (κ2) is 4.21. The van der Waals surface area contributed by atoms with Crippen molar-refractivity contribution in [1.29, 1.82) is 0 Å². The lowest BCUT2D eigenvalue weighted by Crippen LogP contribution is -2.15. The van der Waals surface area contributed by atoms with E-state index < -0.39 is 0 Å². The molecule has 1 atom stereocenters. The molecule has 0 bridgehead atoms. The Bertz CT molecular complexity index is 54.5. The van der Waals surface area contributed by atoms with Crippen LogP contribution in [-0.4, -0.2) is 10.6 Å². The summed E-state index contributed by atoms with van der Waals surface area (Å²) in [4.78, 5) is 0. The van der Waals surface area contributed by atoms with Crippen molar-refractivity contribution in [2.45, 2.75) is 37.8 Å². The number of thioether (sulfide) groups is 1. The first-order valence-electron chi connectivity index (χ1n) is 3.07. The van der Waals surface area contributed by atoms with E-state index in [0.29, 0.717) is 10.6 Å². The van der Waals surface area contributed by atoms with Gasteiger partial charge in [-0.3, -0.25) is 0 Å². The predicted molar refractivity (Wildman–Crippen MR) is 41.0 cm³/mol. The molecule has 0 heterocycles. The molecule has 2 heteroatoms. The standard InChI is InChI=1S/C6H15NS/c1-4-6(7)8-5(2)3/h5-6H,4,7H2,1-3H3/t6-/m1/s1. The van der Waals surface area contributed by atoms with Gasteiger partial charge in [0.1, 0.15) is 0 Å². The van der Waals surface area contributed by atoms with Gasteiger partial charge in [-0.25, -0.2) is 0 Å². The molecule has 0 spiro atoms. The van der Waals surface area contributed by atoms with Crippen molar-refractivity contribution < 1.29 is 0 Å². The van der Waals surface area contributed by atoms with Crippen molar-refractivity contribution in [2.24, 2.45) is 5.73 Å². The number of nitrogens with two attached hydrogens (primary N) is 1. The van der Waals surface area contributed by atoms with Gasteiger partial charge in [0.15, 0.2) is 0 Å². The van der Waals surface area contributed by atoms with E-state index >= 15 is 0 Å². The van der Waals surface area contributed by atoms with Crippen molar-refractivity contribution in [2.75, 3.05) is 0 Å². The fourth-order valence-corrected chi connectivity index (χ4v) is 1.34. The van der Waals surface area contributed by atoms with Gasteiger partial charge < -0.3 is 5.73 Å². The Kier molecular flexibility index (Phi) is 4.38. The van der Waals surface area contributed by atoms with E-state index in [4.69, 9.17) is 5.73 Å². The molecule has 1 nitrogen and oxygen atoms in total. The average Bonchev–Trinajstić information content (AvgIpc) is 1.65. The lowest BCUT2D eigenvalue weighted by atomic mass is 10.5. The van der Waals surface area contributed by atoms with Crippen molar-refractivity contribution in [3.05, 3.63) is 0 Å². The lowest BCUT2D eigenvalue weighted by Gasteiger charge is -2.09. The van der Waals surface area contributed by atoms with E-state index in [9.17, 15) is 0 Å². The summed E-state index contributed by atoms with van der Waals surface area (Å²) >= 11 is 1.83. The predicted octanol–water partition coefficient (Wildman–Crippen LogP) is 1.82. The van der Waals surface area contributed by atoms with Crippen LogP contribution >= 0.6 is 11.8 Å². The van der Waals surface area contributed by atoms with Crippen molar-refractivity contribution >= 4 is 11.8 Å². The van der Waals surface area contributed by atoms with Gasteiger partial charge >= 0.3 is 0 Å². The molecule has 0 saturated heterocycles. The molecule has 0 aromatic carbocycles. The van der Waals surface area contributed by atoms with Crippen LogP contribution in [-0.2, 0) is 0 Å². The summed E-state index contributed by atoms with van der Waals surface area (Å²) in [5, 5.41) is 1.01. The fraction of sp³-hybridized carbons (Fsp3) is 1.00. The Hall–Kier alpha value is 0.310. The van der Waals surface area contributed by atoms with Gasteiger partial charge in [-0.05, 0) is 6.42 Å². The Morgan fingerprint density at radius 1 is 1.50 bits per heavy atom. The maximum Gasteiger partial charge on any atom is 0.0507 e. The van der Waals surface area contributed by atoms with Gasteiger partial charge in [0.2, 0.25) is 0 Å². The van der Waals surface area contributed by atoms with E-state index in [2.05, 4.69) is 20.8 Å². The topological polar surface area (TPSA) is 26.0 Å². The van der Waals surface area contributed by atoms with Gasteiger partial charge in [0.25, 0.3) is 0 Å². The third-order valence-corrected chi connectivity index (χ3v) is 2.08. The first-order chi connectivity index (χ1) is 3.66. The summed E-state index contributed by atoms with van der Waals surface area (Å²) in [7, 11) is 0. The summed E-state index contributed by atoms with van der Waals surface area (Å²) < 4.78 is 0. The number of hydrogen-bond donors (Lipinski definition) is 1. The van der Waals surface area contributed by atoms with Gasteiger partial charge in [-0.15, -0.1) is 11.8 Å². The minimum Gasteiger partial charge on any atom is -0.319 e. The summed E-state index contributed by atoms with van der Waals surface area (Å²) in [6, 6.07) is 0. The van der Waals surface area contributed by atoms with Crippen LogP contribution in [0.25, 0.3) is 0 Å². The normalized spacial score (nSPS) is 14.6. The van der Waals surface area contributed by atoms with Gasteiger partial charge in [-0.1, -0.05) is 20.8 Å². The first kappa shape index (κ1) is 8.31. The van der Waals surface area contributed by atoms with Crippen LogP contribution in [0.2, 0.25) is 0 Å². The second-order valence-electron chi connectivity index (χ2n) is 2.13. The van der Waals surface area contributed by atoms with Crippen molar-refractivity contribution in [1.82, 2.24) is 0 Å². The lowest BCUT2D eigenvalue weighted by molar-refractivity contribution is 0.860. The monoisotopic (exact) mass is 133 g/mol. The Labute approximate surface area is 56.0 Å². The molecule has 8 heavy (non-hydrogen) atoms. The van der Waals surface area contributed by atoms with E-state index in [1.54, 1.807) is 0 Å². The molecule has 2 N–H and O–H groups in total. The molecule has 0 saturated carbocycles. The molecule has 0 radical (unpaired) electrons. The van der Waals surface area contributed by atoms with Gasteiger partial charge in [0.05, 0.1) is 5.37 Å². The zero-order chi connectivity index (χ0) is 6.57. The first-order valence-corrected chi connectivity index (χ1v) is 4.02. The molecular weight excluding hydrogens is 118 g/mol. The van der Waals surface area contributed by atoms with Crippen molar-refractivity contribution in [3.63, 3.8) is 0 Å². The highest BCUT2D eigenvalue weighted by atomic mass is 32.2. The maximum atomic E-state index is 5.64. The molecule has 0 aromatic heterocycles. The Morgan fingerprint density at radius 3 is 2.12 bits per heavy atom. The maximum absolute atomic E-state index is 5.64.